The van der Waals surface area contributed by atoms with Gasteiger partial charge in [-0.05, 0) is 42.3 Å². The van der Waals surface area contributed by atoms with Crippen LogP contribution < -0.4 is 5.32 Å². The monoisotopic (exact) mass is 256 g/mol. The van der Waals surface area contributed by atoms with E-state index in [1.807, 2.05) is 49.4 Å². The Balaban J connectivity index is 2.18. The smallest absolute Gasteiger partial charge is 0.0669 e. The molecule has 2 nitrogen and oxygen atoms in total. The van der Waals surface area contributed by atoms with E-state index in [4.69, 9.17) is 16.9 Å². The Morgan fingerprint density at radius 3 is 2.56 bits per heavy atom. The number of benzene rings is 2. The molecule has 1 N–H and O–H groups in total. The molecule has 0 radical (unpaired) electrons. The van der Waals surface area contributed by atoms with Crippen molar-refractivity contribution in [2.75, 3.05) is 5.32 Å². The standard InChI is InChI=1S/C15H13ClN2/c1-11-2-5-13(16)10-15(11)18-14-6-3-12(4-7-14)8-9-17/h2-7,10,18H,8H2,1H3. The Morgan fingerprint density at radius 2 is 1.89 bits per heavy atom. The zero-order valence-electron chi connectivity index (χ0n) is 10.1. The Morgan fingerprint density at radius 1 is 1.17 bits per heavy atom. The van der Waals surface area contributed by atoms with Gasteiger partial charge in [0.05, 0.1) is 12.5 Å². The van der Waals surface area contributed by atoms with Crippen molar-refractivity contribution >= 4 is 23.0 Å². The maximum atomic E-state index is 8.61. The zero-order chi connectivity index (χ0) is 13.0. The summed E-state index contributed by atoms with van der Waals surface area (Å²) in [5.74, 6) is 0. The van der Waals surface area contributed by atoms with E-state index < -0.39 is 0 Å². The van der Waals surface area contributed by atoms with Gasteiger partial charge in [-0.2, -0.15) is 5.26 Å². The molecular formula is C15H13ClN2. The van der Waals surface area contributed by atoms with Gasteiger partial charge in [0.1, 0.15) is 0 Å². The van der Waals surface area contributed by atoms with Crippen LogP contribution in [-0.4, -0.2) is 0 Å². The van der Waals surface area contributed by atoms with Gasteiger partial charge in [-0.1, -0.05) is 29.8 Å². The lowest BCUT2D eigenvalue weighted by Crippen LogP contribution is -1.93. The van der Waals surface area contributed by atoms with Gasteiger partial charge in [0.2, 0.25) is 0 Å². The summed E-state index contributed by atoms with van der Waals surface area (Å²) in [6.45, 7) is 2.03. The van der Waals surface area contributed by atoms with Crippen molar-refractivity contribution in [2.45, 2.75) is 13.3 Å². The van der Waals surface area contributed by atoms with Gasteiger partial charge in [-0.3, -0.25) is 0 Å². The minimum Gasteiger partial charge on any atom is -0.355 e. The predicted octanol–water partition coefficient (Wildman–Crippen LogP) is 4.46. The highest BCUT2D eigenvalue weighted by molar-refractivity contribution is 6.30. The van der Waals surface area contributed by atoms with Gasteiger partial charge in [0, 0.05) is 16.4 Å². The van der Waals surface area contributed by atoms with Crippen molar-refractivity contribution in [3.05, 3.63) is 58.6 Å². The van der Waals surface area contributed by atoms with Crippen LogP contribution in [0.2, 0.25) is 5.02 Å². The molecule has 0 saturated carbocycles. The predicted molar refractivity (Wildman–Crippen MR) is 75.2 cm³/mol. The molecule has 0 unspecified atom stereocenters. The van der Waals surface area contributed by atoms with Crippen molar-refractivity contribution in [3.8, 4) is 6.07 Å². The highest BCUT2D eigenvalue weighted by atomic mass is 35.5. The van der Waals surface area contributed by atoms with E-state index in [2.05, 4.69) is 11.4 Å². The van der Waals surface area contributed by atoms with E-state index in [-0.39, 0.29) is 0 Å². The third-order valence-corrected chi connectivity index (χ3v) is 2.95. The van der Waals surface area contributed by atoms with E-state index in [1.54, 1.807) is 0 Å². The molecule has 0 spiro atoms. The zero-order valence-corrected chi connectivity index (χ0v) is 10.8. The third kappa shape index (κ3) is 3.03. The van der Waals surface area contributed by atoms with Gasteiger partial charge in [0.15, 0.2) is 0 Å². The minimum atomic E-state index is 0.441. The summed E-state index contributed by atoms with van der Waals surface area (Å²) in [7, 11) is 0. The largest absolute Gasteiger partial charge is 0.355 e. The number of nitriles is 1. The van der Waals surface area contributed by atoms with Gasteiger partial charge in [-0.25, -0.2) is 0 Å². The van der Waals surface area contributed by atoms with Crippen molar-refractivity contribution in [1.29, 1.82) is 5.26 Å². The number of rotatable bonds is 3. The van der Waals surface area contributed by atoms with E-state index in [0.717, 1.165) is 22.5 Å². The molecule has 18 heavy (non-hydrogen) atoms. The first-order valence-corrected chi connectivity index (χ1v) is 6.06. The van der Waals surface area contributed by atoms with Crippen molar-refractivity contribution in [2.24, 2.45) is 0 Å². The van der Waals surface area contributed by atoms with Crippen LogP contribution >= 0.6 is 11.6 Å². The van der Waals surface area contributed by atoms with Crippen LogP contribution in [0, 0.1) is 18.3 Å². The SMILES string of the molecule is Cc1ccc(Cl)cc1Nc1ccc(CC#N)cc1. The first kappa shape index (κ1) is 12.5. The molecule has 0 aromatic heterocycles. The molecule has 3 heteroatoms. The van der Waals surface area contributed by atoms with Gasteiger partial charge >= 0.3 is 0 Å². The highest BCUT2D eigenvalue weighted by Gasteiger charge is 2.00. The fourth-order valence-corrected chi connectivity index (χ4v) is 1.85. The Bertz CT molecular complexity index is 582. The first-order valence-electron chi connectivity index (χ1n) is 5.68. The molecule has 90 valence electrons. The number of hydrogen-bond donors (Lipinski definition) is 1. The second-order valence-corrected chi connectivity index (χ2v) is 4.55. The maximum Gasteiger partial charge on any atom is 0.0669 e. The van der Waals surface area contributed by atoms with Crippen LogP contribution in [0.25, 0.3) is 0 Å². The molecule has 0 atom stereocenters. The molecule has 0 aliphatic heterocycles. The normalized spacial score (nSPS) is 9.83. The molecule has 0 fully saturated rings. The summed E-state index contributed by atoms with van der Waals surface area (Å²) in [5, 5.41) is 12.6. The molecule has 2 rings (SSSR count). The number of halogens is 1. The second-order valence-electron chi connectivity index (χ2n) is 4.12. The van der Waals surface area contributed by atoms with Crippen molar-refractivity contribution in [1.82, 2.24) is 0 Å². The Labute approximate surface area is 112 Å². The van der Waals surface area contributed by atoms with Crippen LogP contribution in [0.4, 0.5) is 11.4 Å². The molecule has 2 aromatic carbocycles. The van der Waals surface area contributed by atoms with Crippen molar-refractivity contribution in [3.63, 3.8) is 0 Å². The molecule has 0 amide bonds. The molecule has 0 heterocycles. The fraction of sp³-hybridized carbons (Fsp3) is 0.133. The number of nitrogens with zero attached hydrogens (tertiary/aromatic N) is 1. The summed E-state index contributed by atoms with van der Waals surface area (Å²) < 4.78 is 0. The summed E-state index contributed by atoms with van der Waals surface area (Å²) in [6, 6.07) is 15.7. The molecule has 2 aromatic rings. The van der Waals surface area contributed by atoms with E-state index in [9.17, 15) is 0 Å². The summed E-state index contributed by atoms with van der Waals surface area (Å²) in [4.78, 5) is 0. The summed E-state index contributed by atoms with van der Waals surface area (Å²) in [5.41, 5.74) is 4.14. The lowest BCUT2D eigenvalue weighted by molar-refractivity contribution is 1.26. The van der Waals surface area contributed by atoms with E-state index in [1.165, 1.54) is 0 Å². The molecular weight excluding hydrogens is 244 g/mol. The number of hydrogen-bond acceptors (Lipinski definition) is 2. The van der Waals surface area contributed by atoms with Crippen LogP contribution in [0.15, 0.2) is 42.5 Å². The van der Waals surface area contributed by atoms with Crippen LogP contribution in [-0.2, 0) is 6.42 Å². The molecule has 0 aliphatic carbocycles. The van der Waals surface area contributed by atoms with Gasteiger partial charge in [-0.15, -0.1) is 0 Å². The lowest BCUT2D eigenvalue weighted by Gasteiger charge is -2.10. The lowest BCUT2D eigenvalue weighted by atomic mass is 10.1. The molecule has 0 aliphatic rings. The minimum absolute atomic E-state index is 0.441. The molecule has 0 saturated heterocycles. The summed E-state index contributed by atoms with van der Waals surface area (Å²) >= 11 is 5.97. The van der Waals surface area contributed by atoms with Crippen molar-refractivity contribution < 1.29 is 0 Å². The van der Waals surface area contributed by atoms with Gasteiger partial charge in [0.25, 0.3) is 0 Å². The average molecular weight is 257 g/mol. The van der Waals surface area contributed by atoms with Gasteiger partial charge < -0.3 is 5.32 Å². The quantitative estimate of drug-likeness (QED) is 0.880. The maximum absolute atomic E-state index is 8.61. The third-order valence-electron chi connectivity index (χ3n) is 2.72. The Kier molecular flexibility index (Phi) is 3.86. The van der Waals surface area contributed by atoms with Crippen LogP contribution in [0.5, 0.6) is 0 Å². The number of anilines is 2. The fourth-order valence-electron chi connectivity index (χ4n) is 1.68. The Hall–Kier alpha value is -1.98. The topological polar surface area (TPSA) is 35.8 Å². The van der Waals surface area contributed by atoms with E-state index in [0.29, 0.717) is 11.4 Å². The second kappa shape index (κ2) is 5.57. The van der Waals surface area contributed by atoms with Crippen LogP contribution in [0.3, 0.4) is 0 Å². The van der Waals surface area contributed by atoms with Crippen LogP contribution in [0.1, 0.15) is 11.1 Å². The highest BCUT2D eigenvalue weighted by Crippen LogP contribution is 2.24. The average Bonchev–Trinajstić information content (AvgIpc) is 2.37. The molecule has 0 bridgehead atoms. The number of nitrogens with one attached hydrogen (secondary N) is 1. The first-order chi connectivity index (χ1) is 8.69. The number of aryl methyl sites for hydroxylation is 1. The summed E-state index contributed by atoms with van der Waals surface area (Å²) in [6.07, 6.45) is 0.441. The van der Waals surface area contributed by atoms with E-state index >= 15 is 0 Å².